The molecule has 0 aromatic carbocycles. The van der Waals surface area contributed by atoms with Gasteiger partial charge in [0.15, 0.2) is 0 Å². The maximum Gasteiger partial charge on any atom is 0.0195 e. The molecule has 1 saturated heterocycles. The Hall–Kier alpha value is -0.0800. The van der Waals surface area contributed by atoms with Gasteiger partial charge in [0.05, 0.1) is 0 Å². The Morgan fingerprint density at radius 2 is 1.92 bits per heavy atom. The summed E-state index contributed by atoms with van der Waals surface area (Å²) in [6, 6.07) is 0. The van der Waals surface area contributed by atoms with Gasteiger partial charge in [-0.3, -0.25) is 0 Å². The SMILES string of the molecule is NC1(C2CCNC2)CCCCC1. The highest BCUT2D eigenvalue weighted by Gasteiger charge is 2.37. The molecule has 0 spiro atoms. The van der Waals surface area contributed by atoms with E-state index in [2.05, 4.69) is 5.32 Å². The summed E-state index contributed by atoms with van der Waals surface area (Å²) in [5.41, 5.74) is 6.62. The second-order valence-corrected chi connectivity index (χ2v) is 4.48. The van der Waals surface area contributed by atoms with E-state index in [1.54, 1.807) is 0 Å². The minimum Gasteiger partial charge on any atom is -0.325 e. The van der Waals surface area contributed by atoms with Gasteiger partial charge >= 0.3 is 0 Å². The molecule has 0 aromatic rings. The van der Waals surface area contributed by atoms with Crippen LogP contribution in [-0.2, 0) is 0 Å². The molecule has 2 fully saturated rings. The third-order valence-electron chi connectivity index (χ3n) is 3.66. The second-order valence-electron chi connectivity index (χ2n) is 4.48. The second kappa shape index (κ2) is 3.35. The lowest BCUT2D eigenvalue weighted by atomic mass is 9.73. The van der Waals surface area contributed by atoms with Crippen molar-refractivity contribution in [3.05, 3.63) is 0 Å². The molecule has 70 valence electrons. The first-order valence-electron chi connectivity index (χ1n) is 5.31. The van der Waals surface area contributed by atoms with Gasteiger partial charge in [-0.25, -0.2) is 0 Å². The molecule has 2 heteroatoms. The average molecular weight is 168 g/mol. The molecular weight excluding hydrogens is 148 g/mol. The normalized spacial score (nSPS) is 35.2. The summed E-state index contributed by atoms with van der Waals surface area (Å²) >= 11 is 0. The van der Waals surface area contributed by atoms with Gasteiger partial charge in [0.2, 0.25) is 0 Å². The molecule has 1 aliphatic heterocycles. The van der Waals surface area contributed by atoms with E-state index < -0.39 is 0 Å². The molecule has 2 nitrogen and oxygen atoms in total. The zero-order valence-electron chi connectivity index (χ0n) is 7.81. The molecule has 3 N–H and O–H groups in total. The predicted molar refractivity (Wildman–Crippen MR) is 51.0 cm³/mol. The van der Waals surface area contributed by atoms with Crippen LogP contribution in [-0.4, -0.2) is 18.6 Å². The Kier molecular flexibility index (Phi) is 2.37. The van der Waals surface area contributed by atoms with E-state index >= 15 is 0 Å². The fraction of sp³-hybridized carbons (Fsp3) is 1.00. The highest BCUT2D eigenvalue weighted by atomic mass is 14.9. The number of hydrogen-bond acceptors (Lipinski definition) is 2. The summed E-state index contributed by atoms with van der Waals surface area (Å²) in [4.78, 5) is 0. The van der Waals surface area contributed by atoms with Gasteiger partial charge in [0.1, 0.15) is 0 Å². The lowest BCUT2D eigenvalue weighted by Crippen LogP contribution is -2.49. The number of hydrogen-bond donors (Lipinski definition) is 2. The van der Waals surface area contributed by atoms with Crippen LogP contribution >= 0.6 is 0 Å². The molecule has 2 aliphatic rings. The quantitative estimate of drug-likeness (QED) is 0.618. The van der Waals surface area contributed by atoms with Crippen LogP contribution in [0.3, 0.4) is 0 Å². The molecule has 0 aromatic heterocycles. The van der Waals surface area contributed by atoms with Gasteiger partial charge in [-0.2, -0.15) is 0 Å². The van der Waals surface area contributed by atoms with Gasteiger partial charge in [-0.15, -0.1) is 0 Å². The zero-order valence-corrected chi connectivity index (χ0v) is 7.81. The Morgan fingerprint density at radius 3 is 2.50 bits per heavy atom. The monoisotopic (exact) mass is 168 g/mol. The van der Waals surface area contributed by atoms with Crippen LogP contribution < -0.4 is 11.1 Å². The van der Waals surface area contributed by atoms with Crippen molar-refractivity contribution in [2.45, 2.75) is 44.1 Å². The van der Waals surface area contributed by atoms with Gasteiger partial charge in [0, 0.05) is 5.54 Å². The Bertz CT molecular complexity index is 144. The number of rotatable bonds is 1. The topological polar surface area (TPSA) is 38.0 Å². The minimum absolute atomic E-state index is 0.196. The van der Waals surface area contributed by atoms with Gasteiger partial charge in [-0.1, -0.05) is 19.3 Å². The van der Waals surface area contributed by atoms with Crippen molar-refractivity contribution in [3.8, 4) is 0 Å². The van der Waals surface area contributed by atoms with Crippen molar-refractivity contribution >= 4 is 0 Å². The van der Waals surface area contributed by atoms with Crippen molar-refractivity contribution in [1.29, 1.82) is 0 Å². The standard InChI is InChI=1S/C10H20N2/c11-10(5-2-1-3-6-10)9-4-7-12-8-9/h9,12H,1-8,11H2. The van der Waals surface area contributed by atoms with E-state index in [9.17, 15) is 0 Å². The molecule has 0 radical (unpaired) electrons. The fourth-order valence-corrected chi connectivity index (χ4v) is 2.76. The van der Waals surface area contributed by atoms with E-state index in [0.29, 0.717) is 0 Å². The van der Waals surface area contributed by atoms with Crippen LogP contribution in [0.15, 0.2) is 0 Å². The summed E-state index contributed by atoms with van der Waals surface area (Å²) in [7, 11) is 0. The first kappa shape index (κ1) is 8.52. The van der Waals surface area contributed by atoms with Gasteiger partial charge < -0.3 is 11.1 Å². The Morgan fingerprint density at radius 1 is 1.17 bits per heavy atom. The van der Waals surface area contributed by atoms with Crippen molar-refractivity contribution in [3.63, 3.8) is 0 Å². The average Bonchev–Trinajstić information content (AvgIpc) is 2.58. The van der Waals surface area contributed by atoms with Crippen LogP contribution in [0.5, 0.6) is 0 Å². The van der Waals surface area contributed by atoms with E-state index in [-0.39, 0.29) is 5.54 Å². The minimum atomic E-state index is 0.196. The number of nitrogens with one attached hydrogen (secondary N) is 1. The Labute approximate surface area is 74.9 Å². The first-order chi connectivity index (χ1) is 5.81. The molecule has 1 aliphatic carbocycles. The summed E-state index contributed by atoms with van der Waals surface area (Å²) in [6.07, 6.45) is 7.94. The zero-order chi connectivity index (χ0) is 8.44. The van der Waals surface area contributed by atoms with Gasteiger partial charge in [-0.05, 0) is 38.3 Å². The van der Waals surface area contributed by atoms with Crippen molar-refractivity contribution in [2.24, 2.45) is 11.7 Å². The van der Waals surface area contributed by atoms with E-state index in [1.807, 2.05) is 0 Å². The third-order valence-corrected chi connectivity index (χ3v) is 3.66. The summed E-state index contributed by atoms with van der Waals surface area (Å²) < 4.78 is 0. The Balaban J connectivity index is 1.97. The number of nitrogens with two attached hydrogens (primary N) is 1. The lowest BCUT2D eigenvalue weighted by molar-refractivity contribution is 0.208. The van der Waals surface area contributed by atoms with Crippen molar-refractivity contribution in [1.82, 2.24) is 5.32 Å². The molecule has 1 unspecified atom stereocenters. The van der Waals surface area contributed by atoms with Crippen LogP contribution in [0.4, 0.5) is 0 Å². The molecule has 1 heterocycles. The van der Waals surface area contributed by atoms with Crippen LogP contribution in [0, 0.1) is 5.92 Å². The van der Waals surface area contributed by atoms with E-state index in [4.69, 9.17) is 5.73 Å². The highest BCUT2D eigenvalue weighted by Crippen LogP contribution is 2.34. The van der Waals surface area contributed by atoms with Gasteiger partial charge in [0.25, 0.3) is 0 Å². The largest absolute Gasteiger partial charge is 0.325 e. The van der Waals surface area contributed by atoms with Crippen molar-refractivity contribution < 1.29 is 0 Å². The lowest BCUT2D eigenvalue weighted by Gasteiger charge is -2.38. The van der Waals surface area contributed by atoms with Crippen LogP contribution in [0.25, 0.3) is 0 Å². The molecular formula is C10H20N2. The van der Waals surface area contributed by atoms with E-state index in [0.717, 1.165) is 12.5 Å². The molecule has 12 heavy (non-hydrogen) atoms. The molecule has 1 atom stereocenters. The third kappa shape index (κ3) is 1.50. The first-order valence-corrected chi connectivity index (χ1v) is 5.31. The summed E-state index contributed by atoms with van der Waals surface area (Å²) in [5.74, 6) is 0.762. The highest BCUT2D eigenvalue weighted by molar-refractivity contribution is 4.96. The van der Waals surface area contributed by atoms with Crippen molar-refractivity contribution in [2.75, 3.05) is 13.1 Å². The predicted octanol–water partition coefficient (Wildman–Crippen LogP) is 1.26. The van der Waals surface area contributed by atoms with Crippen LogP contribution in [0.1, 0.15) is 38.5 Å². The summed E-state index contributed by atoms with van der Waals surface area (Å²) in [5, 5.41) is 3.41. The molecule has 0 bridgehead atoms. The maximum absolute atomic E-state index is 6.42. The smallest absolute Gasteiger partial charge is 0.0195 e. The fourth-order valence-electron chi connectivity index (χ4n) is 2.76. The molecule has 2 rings (SSSR count). The maximum atomic E-state index is 6.42. The molecule has 0 amide bonds. The van der Waals surface area contributed by atoms with E-state index in [1.165, 1.54) is 45.1 Å². The summed E-state index contributed by atoms with van der Waals surface area (Å²) in [6.45, 7) is 2.35. The molecule has 1 saturated carbocycles. The van der Waals surface area contributed by atoms with Crippen LogP contribution in [0.2, 0.25) is 0 Å².